The van der Waals surface area contributed by atoms with Crippen molar-refractivity contribution in [3.05, 3.63) is 34.3 Å². The van der Waals surface area contributed by atoms with Crippen LogP contribution in [0.15, 0.2) is 28.7 Å². The van der Waals surface area contributed by atoms with Gasteiger partial charge in [0, 0.05) is 4.47 Å². The Morgan fingerprint density at radius 2 is 1.94 bits per heavy atom. The summed E-state index contributed by atoms with van der Waals surface area (Å²) in [7, 11) is 0. The van der Waals surface area contributed by atoms with Crippen LogP contribution in [0.25, 0.3) is 0 Å². The van der Waals surface area contributed by atoms with Crippen molar-refractivity contribution in [2.24, 2.45) is 5.92 Å². The summed E-state index contributed by atoms with van der Waals surface area (Å²) in [6, 6.07) is 6.53. The largest absolute Gasteiger partial charge is 0.480 e. The van der Waals surface area contributed by atoms with E-state index in [1.807, 2.05) is 24.3 Å². The Kier molecular flexibility index (Phi) is 5.34. The average Bonchev–Trinajstić information content (AvgIpc) is 2.28. The Labute approximate surface area is 115 Å². The fourth-order valence-electron chi connectivity index (χ4n) is 1.55. The van der Waals surface area contributed by atoms with E-state index in [1.54, 1.807) is 13.8 Å². The third kappa shape index (κ3) is 4.14. The summed E-state index contributed by atoms with van der Waals surface area (Å²) in [5.41, 5.74) is 0.836. The van der Waals surface area contributed by atoms with E-state index in [0.29, 0.717) is 0 Å². The number of halogens is 1. The number of aliphatic carboxylic acids is 1. The van der Waals surface area contributed by atoms with Gasteiger partial charge in [-0.05, 0) is 17.5 Å². The predicted octanol–water partition coefficient (Wildman–Crippen LogP) is 2.22. The lowest BCUT2D eigenvalue weighted by Crippen LogP contribution is -2.44. The second kappa shape index (κ2) is 6.54. The highest BCUT2D eigenvalue weighted by Gasteiger charge is 2.23. The van der Waals surface area contributed by atoms with Crippen molar-refractivity contribution in [3.63, 3.8) is 0 Å². The smallest absolute Gasteiger partial charge is 0.326 e. The van der Waals surface area contributed by atoms with Crippen LogP contribution in [0, 0.1) is 5.92 Å². The first-order valence-electron chi connectivity index (χ1n) is 5.67. The molecule has 0 saturated carbocycles. The van der Waals surface area contributed by atoms with Gasteiger partial charge in [-0.25, -0.2) is 4.79 Å². The summed E-state index contributed by atoms with van der Waals surface area (Å²) in [4.78, 5) is 22.8. The molecule has 0 saturated heterocycles. The van der Waals surface area contributed by atoms with Gasteiger partial charge in [0.15, 0.2) is 0 Å². The summed E-state index contributed by atoms with van der Waals surface area (Å²) < 4.78 is 0.844. The molecule has 2 N–H and O–H groups in total. The van der Waals surface area contributed by atoms with Crippen LogP contribution in [0.5, 0.6) is 0 Å². The molecule has 1 unspecified atom stereocenters. The van der Waals surface area contributed by atoms with Gasteiger partial charge in [0.2, 0.25) is 5.91 Å². The highest BCUT2D eigenvalue weighted by molar-refractivity contribution is 9.10. The molecule has 0 aliphatic carbocycles. The third-order valence-corrected chi connectivity index (χ3v) is 3.33. The summed E-state index contributed by atoms with van der Waals surface area (Å²) in [6.07, 6.45) is 0.165. The molecule has 18 heavy (non-hydrogen) atoms. The van der Waals surface area contributed by atoms with Crippen LogP contribution in [0.3, 0.4) is 0 Å². The molecule has 1 aromatic carbocycles. The zero-order valence-corrected chi connectivity index (χ0v) is 11.9. The number of hydrogen-bond donors (Lipinski definition) is 2. The van der Waals surface area contributed by atoms with Gasteiger partial charge >= 0.3 is 5.97 Å². The maximum atomic E-state index is 11.8. The summed E-state index contributed by atoms with van der Waals surface area (Å²) in [5, 5.41) is 11.5. The highest BCUT2D eigenvalue weighted by atomic mass is 79.9. The molecule has 0 radical (unpaired) electrons. The zero-order chi connectivity index (χ0) is 13.7. The van der Waals surface area contributed by atoms with Crippen LogP contribution < -0.4 is 5.32 Å². The second-order valence-electron chi connectivity index (χ2n) is 4.40. The van der Waals surface area contributed by atoms with E-state index in [9.17, 15) is 9.59 Å². The van der Waals surface area contributed by atoms with Crippen molar-refractivity contribution < 1.29 is 14.7 Å². The fourth-order valence-corrected chi connectivity index (χ4v) is 1.98. The molecule has 1 rings (SSSR count). The Morgan fingerprint density at radius 1 is 1.33 bits per heavy atom. The average molecular weight is 314 g/mol. The predicted molar refractivity (Wildman–Crippen MR) is 72.3 cm³/mol. The minimum atomic E-state index is -1.01. The Bertz CT molecular complexity index is 446. The molecule has 1 atom stereocenters. The van der Waals surface area contributed by atoms with E-state index < -0.39 is 12.0 Å². The normalized spacial score (nSPS) is 12.2. The highest BCUT2D eigenvalue weighted by Crippen LogP contribution is 2.16. The lowest BCUT2D eigenvalue weighted by Gasteiger charge is -2.18. The molecule has 5 heteroatoms. The van der Waals surface area contributed by atoms with Gasteiger partial charge in [-0.1, -0.05) is 48.0 Å². The van der Waals surface area contributed by atoms with E-state index in [0.717, 1.165) is 10.0 Å². The quantitative estimate of drug-likeness (QED) is 0.876. The van der Waals surface area contributed by atoms with E-state index in [4.69, 9.17) is 5.11 Å². The van der Waals surface area contributed by atoms with E-state index in [-0.39, 0.29) is 18.2 Å². The topological polar surface area (TPSA) is 66.4 Å². The summed E-state index contributed by atoms with van der Waals surface area (Å²) >= 11 is 3.35. The number of hydrogen-bond acceptors (Lipinski definition) is 2. The van der Waals surface area contributed by atoms with Crippen LogP contribution >= 0.6 is 15.9 Å². The maximum Gasteiger partial charge on any atom is 0.326 e. The van der Waals surface area contributed by atoms with Gasteiger partial charge in [0.25, 0.3) is 0 Å². The number of nitrogens with one attached hydrogen (secondary N) is 1. The first-order chi connectivity index (χ1) is 8.41. The minimum Gasteiger partial charge on any atom is -0.480 e. The number of carboxylic acids is 1. The Morgan fingerprint density at radius 3 is 2.44 bits per heavy atom. The molecule has 0 bridgehead atoms. The van der Waals surface area contributed by atoms with Gasteiger partial charge in [-0.3, -0.25) is 4.79 Å². The van der Waals surface area contributed by atoms with Crippen molar-refractivity contribution in [1.29, 1.82) is 0 Å². The molecule has 98 valence electrons. The van der Waals surface area contributed by atoms with Crippen LogP contribution in [0.2, 0.25) is 0 Å². The third-order valence-electron chi connectivity index (χ3n) is 2.56. The maximum absolute atomic E-state index is 11.8. The fraction of sp³-hybridized carbons (Fsp3) is 0.385. The lowest BCUT2D eigenvalue weighted by atomic mass is 10.0. The van der Waals surface area contributed by atoms with Crippen molar-refractivity contribution in [2.75, 3.05) is 0 Å². The molecule has 0 fully saturated rings. The number of carbonyl (C=O) groups is 2. The molecular formula is C13H16BrNO3. The number of carbonyl (C=O) groups excluding carboxylic acids is 1. The van der Waals surface area contributed by atoms with Crippen LogP contribution in [-0.4, -0.2) is 23.0 Å². The standard InChI is InChI=1S/C13H16BrNO3/c1-8(2)12(13(17)18)15-11(16)7-9-5-3-4-6-10(9)14/h3-6,8,12H,7H2,1-2H3,(H,15,16)(H,17,18). The molecule has 0 spiro atoms. The number of amides is 1. The van der Waals surface area contributed by atoms with E-state index >= 15 is 0 Å². The van der Waals surface area contributed by atoms with Gasteiger partial charge in [-0.2, -0.15) is 0 Å². The molecular weight excluding hydrogens is 298 g/mol. The first-order valence-corrected chi connectivity index (χ1v) is 6.46. The molecule has 1 amide bonds. The second-order valence-corrected chi connectivity index (χ2v) is 5.25. The van der Waals surface area contributed by atoms with Crippen molar-refractivity contribution >= 4 is 27.8 Å². The van der Waals surface area contributed by atoms with Gasteiger partial charge in [0.1, 0.15) is 6.04 Å². The SMILES string of the molecule is CC(C)C(NC(=O)Cc1ccccc1Br)C(=O)O. The Hall–Kier alpha value is -1.36. The van der Waals surface area contributed by atoms with Crippen molar-refractivity contribution in [1.82, 2.24) is 5.32 Å². The zero-order valence-electron chi connectivity index (χ0n) is 10.3. The lowest BCUT2D eigenvalue weighted by molar-refractivity contribution is -0.143. The molecule has 0 aliphatic rings. The van der Waals surface area contributed by atoms with Crippen molar-refractivity contribution in [2.45, 2.75) is 26.3 Å². The van der Waals surface area contributed by atoms with E-state index in [1.165, 1.54) is 0 Å². The van der Waals surface area contributed by atoms with E-state index in [2.05, 4.69) is 21.2 Å². The van der Waals surface area contributed by atoms with Gasteiger partial charge < -0.3 is 10.4 Å². The number of rotatable bonds is 5. The molecule has 0 aliphatic heterocycles. The monoisotopic (exact) mass is 313 g/mol. The minimum absolute atomic E-state index is 0.148. The van der Waals surface area contributed by atoms with Crippen LogP contribution in [0.4, 0.5) is 0 Å². The molecule has 1 aromatic rings. The Balaban J connectivity index is 2.67. The van der Waals surface area contributed by atoms with Crippen LogP contribution in [0.1, 0.15) is 19.4 Å². The molecule has 0 heterocycles. The molecule has 4 nitrogen and oxygen atoms in total. The van der Waals surface area contributed by atoms with Gasteiger partial charge in [0.05, 0.1) is 6.42 Å². The van der Waals surface area contributed by atoms with Gasteiger partial charge in [-0.15, -0.1) is 0 Å². The number of carboxylic acid groups (broad SMARTS) is 1. The summed E-state index contributed by atoms with van der Waals surface area (Å²) in [5.74, 6) is -1.45. The molecule has 0 aromatic heterocycles. The van der Waals surface area contributed by atoms with Crippen LogP contribution in [-0.2, 0) is 16.0 Å². The first kappa shape index (κ1) is 14.7. The summed E-state index contributed by atoms with van der Waals surface area (Å²) in [6.45, 7) is 3.52. The van der Waals surface area contributed by atoms with Crippen molar-refractivity contribution in [3.8, 4) is 0 Å². The number of benzene rings is 1.